The van der Waals surface area contributed by atoms with Crippen molar-refractivity contribution < 1.29 is 9.53 Å². The maximum Gasteiger partial charge on any atom is 0.230 e. The fraction of sp³-hybridized carbons (Fsp3) is 0.167. The molecule has 128 valence electrons. The van der Waals surface area contributed by atoms with Crippen LogP contribution in [0.25, 0.3) is 5.69 Å². The van der Waals surface area contributed by atoms with Crippen LogP contribution in [0.3, 0.4) is 0 Å². The fourth-order valence-corrected chi connectivity index (χ4v) is 2.90. The van der Waals surface area contributed by atoms with Gasteiger partial charge in [0.1, 0.15) is 18.7 Å². The lowest BCUT2D eigenvalue weighted by atomic mass is 10.3. The van der Waals surface area contributed by atoms with Crippen LogP contribution >= 0.6 is 11.8 Å². The minimum atomic E-state index is -0.0655. The number of carbonyl (C=O) groups excluding carboxylic acids is 1. The van der Waals surface area contributed by atoms with Crippen molar-refractivity contribution in [1.29, 1.82) is 0 Å². The van der Waals surface area contributed by atoms with E-state index in [1.165, 1.54) is 11.8 Å². The van der Waals surface area contributed by atoms with Crippen LogP contribution in [-0.2, 0) is 4.79 Å². The first-order valence-corrected chi connectivity index (χ1v) is 8.84. The van der Waals surface area contributed by atoms with Crippen molar-refractivity contribution in [2.45, 2.75) is 5.16 Å². The minimum absolute atomic E-state index is 0.0655. The number of para-hydroxylation sites is 2. The molecule has 0 aliphatic heterocycles. The third-order valence-electron chi connectivity index (χ3n) is 3.32. The molecule has 6 nitrogen and oxygen atoms in total. The van der Waals surface area contributed by atoms with Crippen molar-refractivity contribution in [3.8, 4) is 11.4 Å². The van der Waals surface area contributed by atoms with Crippen molar-refractivity contribution >= 4 is 17.7 Å². The Kier molecular flexibility index (Phi) is 6.06. The van der Waals surface area contributed by atoms with E-state index in [1.807, 2.05) is 65.2 Å². The van der Waals surface area contributed by atoms with Crippen LogP contribution in [-0.4, -0.2) is 39.6 Å². The molecule has 3 aromatic rings. The van der Waals surface area contributed by atoms with Crippen LogP contribution in [0.2, 0.25) is 0 Å². The highest BCUT2D eigenvalue weighted by Gasteiger charge is 2.09. The molecule has 0 aliphatic carbocycles. The molecule has 25 heavy (non-hydrogen) atoms. The standard InChI is InChI=1S/C18H18N4O2S/c23-17(19-11-12-24-16-9-5-2-6-10-16)13-25-18-21-20-14-22(18)15-7-3-1-4-8-15/h1-10,14H,11-13H2,(H,19,23). The van der Waals surface area contributed by atoms with E-state index < -0.39 is 0 Å². The number of ether oxygens (including phenoxy) is 1. The number of carbonyl (C=O) groups is 1. The first kappa shape index (κ1) is 17.0. The summed E-state index contributed by atoms with van der Waals surface area (Å²) in [6, 6.07) is 19.3. The average Bonchev–Trinajstić information content (AvgIpc) is 3.14. The van der Waals surface area contributed by atoms with E-state index in [0.29, 0.717) is 18.3 Å². The van der Waals surface area contributed by atoms with E-state index in [1.54, 1.807) is 6.33 Å². The lowest BCUT2D eigenvalue weighted by molar-refractivity contribution is -0.118. The molecule has 1 heterocycles. The first-order valence-electron chi connectivity index (χ1n) is 7.86. The number of hydrogen-bond donors (Lipinski definition) is 1. The molecule has 0 atom stereocenters. The van der Waals surface area contributed by atoms with E-state index >= 15 is 0 Å². The molecule has 7 heteroatoms. The van der Waals surface area contributed by atoms with Crippen molar-refractivity contribution in [3.63, 3.8) is 0 Å². The summed E-state index contributed by atoms with van der Waals surface area (Å²) in [6.07, 6.45) is 1.64. The number of nitrogens with one attached hydrogen (secondary N) is 1. The summed E-state index contributed by atoms with van der Waals surface area (Å²) in [5, 5.41) is 11.5. The van der Waals surface area contributed by atoms with Gasteiger partial charge in [0.05, 0.1) is 12.3 Å². The van der Waals surface area contributed by atoms with Crippen molar-refractivity contribution in [2.24, 2.45) is 0 Å². The SMILES string of the molecule is O=C(CSc1nncn1-c1ccccc1)NCCOc1ccccc1. The van der Waals surface area contributed by atoms with Crippen LogP contribution in [0, 0.1) is 0 Å². The summed E-state index contributed by atoms with van der Waals surface area (Å²) in [5.41, 5.74) is 0.965. The predicted octanol–water partition coefficient (Wildman–Crippen LogP) is 2.55. The third-order valence-corrected chi connectivity index (χ3v) is 4.26. The molecule has 0 spiro atoms. The summed E-state index contributed by atoms with van der Waals surface area (Å²) in [7, 11) is 0. The number of benzene rings is 2. The molecule has 3 rings (SSSR count). The van der Waals surface area contributed by atoms with E-state index in [2.05, 4.69) is 15.5 Å². The highest BCUT2D eigenvalue weighted by molar-refractivity contribution is 7.99. The summed E-state index contributed by atoms with van der Waals surface area (Å²) in [4.78, 5) is 12.0. The first-order chi connectivity index (χ1) is 12.3. The van der Waals surface area contributed by atoms with Gasteiger partial charge in [-0.1, -0.05) is 48.2 Å². The number of rotatable bonds is 8. The Morgan fingerprint density at radius 2 is 1.80 bits per heavy atom. The van der Waals surface area contributed by atoms with E-state index in [0.717, 1.165) is 11.4 Å². The van der Waals surface area contributed by atoms with Gasteiger partial charge in [0.25, 0.3) is 0 Å². The van der Waals surface area contributed by atoms with E-state index in [9.17, 15) is 4.79 Å². The van der Waals surface area contributed by atoms with Gasteiger partial charge in [-0.2, -0.15) is 0 Å². The Labute approximate surface area is 150 Å². The van der Waals surface area contributed by atoms with Gasteiger partial charge >= 0.3 is 0 Å². The summed E-state index contributed by atoms with van der Waals surface area (Å²) >= 11 is 1.35. The molecule has 1 N–H and O–H groups in total. The second-order valence-electron chi connectivity index (χ2n) is 5.12. The van der Waals surface area contributed by atoms with Gasteiger partial charge in [0, 0.05) is 5.69 Å². The Morgan fingerprint density at radius 3 is 2.56 bits per heavy atom. The van der Waals surface area contributed by atoms with Gasteiger partial charge in [-0.3, -0.25) is 9.36 Å². The van der Waals surface area contributed by atoms with Gasteiger partial charge in [-0.05, 0) is 24.3 Å². The van der Waals surface area contributed by atoms with Crippen LogP contribution < -0.4 is 10.1 Å². The monoisotopic (exact) mass is 354 g/mol. The van der Waals surface area contributed by atoms with Gasteiger partial charge < -0.3 is 10.1 Å². The lowest BCUT2D eigenvalue weighted by Gasteiger charge is -2.08. The molecule has 0 aliphatic rings. The number of thioether (sulfide) groups is 1. The zero-order chi connectivity index (χ0) is 17.3. The molecule has 2 aromatic carbocycles. The van der Waals surface area contributed by atoms with Gasteiger partial charge in [0.2, 0.25) is 5.91 Å². The largest absolute Gasteiger partial charge is 0.492 e. The van der Waals surface area contributed by atoms with Gasteiger partial charge in [0.15, 0.2) is 5.16 Å². The quantitative estimate of drug-likeness (QED) is 0.497. The number of nitrogens with zero attached hydrogens (tertiary/aromatic N) is 3. The Morgan fingerprint density at radius 1 is 1.08 bits per heavy atom. The number of aromatic nitrogens is 3. The number of amides is 1. The maximum atomic E-state index is 12.0. The second-order valence-corrected chi connectivity index (χ2v) is 6.06. The zero-order valence-corrected chi connectivity index (χ0v) is 14.4. The Hall–Kier alpha value is -2.80. The maximum absolute atomic E-state index is 12.0. The highest BCUT2D eigenvalue weighted by Crippen LogP contribution is 2.18. The smallest absolute Gasteiger partial charge is 0.230 e. The van der Waals surface area contributed by atoms with E-state index in [-0.39, 0.29) is 11.7 Å². The van der Waals surface area contributed by atoms with Crippen LogP contribution in [0.5, 0.6) is 5.75 Å². The molecule has 0 radical (unpaired) electrons. The van der Waals surface area contributed by atoms with Crippen molar-refractivity contribution in [3.05, 3.63) is 67.0 Å². The predicted molar refractivity (Wildman–Crippen MR) is 97.0 cm³/mol. The summed E-state index contributed by atoms with van der Waals surface area (Å²) in [5.74, 6) is 1.00. The van der Waals surface area contributed by atoms with E-state index in [4.69, 9.17) is 4.74 Å². The molecule has 1 amide bonds. The van der Waals surface area contributed by atoms with Crippen LogP contribution in [0.1, 0.15) is 0 Å². The normalized spacial score (nSPS) is 10.4. The molecule has 1 aromatic heterocycles. The topological polar surface area (TPSA) is 69.0 Å². The molecule has 0 saturated heterocycles. The summed E-state index contributed by atoms with van der Waals surface area (Å²) in [6.45, 7) is 0.889. The fourth-order valence-electron chi connectivity index (χ4n) is 2.15. The Balaban J connectivity index is 1.42. The molecule has 0 unspecified atom stereocenters. The van der Waals surface area contributed by atoms with Crippen LogP contribution in [0.15, 0.2) is 72.1 Å². The third kappa shape index (κ3) is 5.09. The second kappa shape index (κ2) is 8.89. The van der Waals surface area contributed by atoms with Crippen molar-refractivity contribution in [1.82, 2.24) is 20.1 Å². The zero-order valence-electron chi connectivity index (χ0n) is 13.5. The Bertz CT molecular complexity index is 793. The summed E-state index contributed by atoms with van der Waals surface area (Å²) < 4.78 is 7.39. The molecule has 0 bridgehead atoms. The highest BCUT2D eigenvalue weighted by atomic mass is 32.2. The lowest BCUT2D eigenvalue weighted by Crippen LogP contribution is -2.29. The molecule has 0 fully saturated rings. The average molecular weight is 354 g/mol. The van der Waals surface area contributed by atoms with Gasteiger partial charge in [-0.25, -0.2) is 0 Å². The van der Waals surface area contributed by atoms with Gasteiger partial charge in [-0.15, -0.1) is 10.2 Å². The molecular formula is C18H18N4O2S. The minimum Gasteiger partial charge on any atom is -0.492 e. The molecule has 0 saturated carbocycles. The number of hydrogen-bond acceptors (Lipinski definition) is 5. The van der Waals surface area contributed by atoms with Crippen molar-refractivity contribution in [2.75, 3.05) is 18.9 Å². The molecular weight excluding hydrogens is 336 g/mol. The van der Waals surface area contributed by atoms with Crippen LogP contribution in [0.4, 0.5) is 0 Å².